The highest BCUT2D eigenvalue weighted by molar-refractivity contribution is 5.89. The largest absolute Gasteiger partial charge is 0.416 e. The number of fused-ring (bicyclic) bond motifs is 1. The van der Waals surface area contributed by atoms with Gasteiger partial charge in [0.05, 0.1) is 12.1 Å². The van der Waals surface area contributed by atoms with Gasteiger partial charge in [0.15, 0.2) is 5.82 Å². The van der Waals surface area contributed by atoms with Crippen LogP contribution < -0.4 is 10.6 Å². The fraction of sp³-hybridized carbons (Fsp3) is 0.357. The van der Waals surface area contributed by atoms with Crippen molar-refractivity contribution in [2.45, 2.75) is 32.1 Å². The van der Waals surface area contributed by atoms with E-state index in [0.717, 1.165) is 37.3 Å². The maximum absolute atomic E-state index is 12.5. The predicted molar refractivity (Wildman–Crippen MR) is 75.6 cm³/mol. The molecule has 0 atom stereocenters. The number of alkyl halides is 3. The number of urea groups is 1. The van der Waals surface area contributed by atoms with Crippen molar-refractivity contribution in [2.24, 2.45) is 0 Å². The van der Waals surface area contributed by atoms with E-state index in [2.05, 4.69) is 20.8 Å². The fourth-order valence-corrected chi connectivity index (χ4v) is 2.42. The van der Waals surface area contributed by atoms with Gasteiger partial charge in [-0.05, 0) is 30.7 Å². The summed E-state index contributed by atoms with van der Waals surface area (Å²) in [4.78, 5) is 11.8. The van der Waals surface area contributed by atoms with Gasteiger partial charge in [0, 0.05) is 18.7 Å². The Morgan fingerprint density at radius 1 is 1.22 bits per heavy atom. The van der Waals surface area contributed by atoms with Gasteiger partial charge in [-0.3, -0.25) is 0 Å². The second kappa shape index (κ2) is 5.90. The molecule has 122 valence electrons. The van der Waals surface area contributed by atoms with Crippen LogP contribution in [0.5, 0.6) is 0 Å². The Morgan fingerprint density at radius 2 is 1.96 bits per heavy atom. The van der Waals surface area contributed by atoms with Crippen LogP contribution in [0, 0.1) is 0 Å². The summed E-state index contributed by atoms with van der Waals surface area (Å²) >= 11 is 0. The standard InChI is InChI=1S/C14H14F3N5O/c15-14(16,17)9-3-5-10(6-4-9)19-13(23)18-8-12-21-20-11-2-1-7-22(11)12/h3-6H,1-2,7-8H2,(H2,18,19,23). The first-order valence-corrected chi connectivity index (χ1v) is 7.06. The third kappa shape index (κ3) is 3.43. The van der Waals surface area contributed by atoms with Crippen LogP contribution in [0.4, 0.5) is 23.7 Å². The van der Waals surface area contributed by atoms with Crippen molar-refractivity contribution in [2.75, 3.05) is 5.32 Å². The van der Waals surface area contributed by atoms with Crippen LogP contribution in [-0.2, 0) is 25.7 Å². The van der Waals surface area contributed by atoms with Gasteiger partial charge in [0.25, 0.3) is 0 Å². The number of nitrogens with one attached hydrogen (secondary N) is 2. The van der Waals surface area contributed by atoms with Crippen molar-refractivity contribution in [3.8, 4) is 0 Å². The number of carbonyl (C=O) groups excluding carboxylic acids is 1. The van der Waals surface area contributed by atoms with Crippen molar-refractivity contribution in [1.82, 2.24) is 20.1 Å². The molecule has 0 saturated heterocycles. The number of hydrogen-bond acceptors (Lipinski definition) is 3. The summed E-state index contributed by atoms with van der Waals surface area (Å²) in [5, 5.41) is 13.1. The first kappa shape index (κ1) is 15.3. The lowest BCUT2D eigenvalue weighted by Gasteiger charge is -2.10. The summed E-state index contributed by atoms with van der Waals surface area (Å²) in [6.45, 7) is 1.04. The molecule has 1 aromatic heterocycles. The summed E-state index contributed by atoms with van der Waals surface area (Å²) < 4.78 is 39.3. The molecule has 2 amide bonds. The Kier molecular flexibility index (Phi) is 3.93. The van der Waals surface area contributed by atoms with E-state index in [9.17, 15) is 18.0 Å². The minimum absolute atomic E-state index is 0.208. The monoisotopic (exact) mass is 325 g/mol. The zero-order chi connectivity index (χ0) is 16.4. The van der Waals surface area contributed by atoms with Crippen LogP contribution in [0.2, 0.25) is 0 Å². The molecule has 6 nitrogen and oxygen atoms in total. The van der Waals surface area contributed by atoms with E-state index >= 15 is 0 Å². The molecule has 0 unspecified atom stereocenters. The Balaban J connectivity index is 1.55. The van der Waals surface area contributed by atoms with Crippen molar-refractivity contribution in [3.05, 3.63) is 41.5 Å². The summed E-state index contributed by atoms with van der Waals surface area (Å²) in [7, 11) is 0. The molecule has 1 aliphatic heterocycles. The molecular weight excluding hydrogens is 311 g/mol. The van der Waals surface area contributed by atoms with E-state index in [1.807, 2.05) is 4.57 Å². The molecule has 2 aromatic rings. The number of nitrogens with zero attached hydrogens (tertiary/aromatic N) is 3. The molecule has 0 fully saturated rings. The van der Waals surface area contributed by atoms with Crippen LogP contribution in [-0.4, -0.2) is 20.8 Å². The van der Waals surface area contributed by atoms with Crippen LogP contribution in [0.25, 0.3) is 0 Å². The van der Waals surface area contributed by atoms with Gasteiger partial charge in [-0.15, -0.1) is 10.2 Å². The quantitative estimate of drug-likeness (QED) is 0.911. The van der Waals surface area contributed by atoms with E-state index in [0.29, 0.717) is 5.82 Å². The van der Waals surface area contributed by atoms with Gasteiger partial charge in [-0.25, -0.2) is 4.79 Å². The SMILES string of the molecule is O=C(NCc1nnc2n1CCC2)Nc1ccc(C(F)(F)F)cc1. The zero-order valence-corrected chi connectivity index (χ0v) is 12.0. The number of amides is 2. The predicted octanol–water partition coefficient (Wildman–Crippen LogP) is 2.56. The van der Waals surface area contributed by atoms with Crippen molar-refractivity contribution < 1.29 is 18.0 Å². The molecule has 0 saturated carbocycles. The molecule has 0 aliphatic carbocycles. The van der Waals surface area contributed by atoms with E-state index in [1.165, 1.54) is 12.1 Å². The number of halogens is 3. The average molecular weight is 325 g/mol. The molecule has 23 heavy (non-hydrogen) atoms. The van der Waals surface area contributed by atoms with E-state index in [1.54, 1.807) is 0 Å². The van der Waals surface area contributed by atoms with Crippen molar-refractivity contribution in [3.63, 3.8) is 0 Å². The van der Waals surface area contributed by atoms with Crippen LogP contribution in [0.3, 0.4) is 0 Å². The number of carbonyl (C=O) groups is 1. The molecule has 3 rings (SSSR count). The summed E-state index contributed by atoms with van der Waals surface area (Å²) in [6, 6.07) is 3.73. The lowest BCUT2D eigenvalue weighted by Crippen LogP contribution is -2.29. The molecule has 2 N–H and O–H groups in total. The first-order chi connectivity index (χ1) is 10.9. The molecule has 9 heteroatoms. The van der Waals surface area contributed by atoms with Gasteiger partial charge in [0.1, 0.15) is 5.82 Å². The van der Waals surface area contributed by atoms with Gasteiger partial charge in [0.2, 0.25) is 0 Å². The lowest BCUT2D eigenvalue weighted by molar-refractivity contribution is -0.137. The van der Waals surface area contributed by atoms with Gasteiger partial charge in [-0.1, -0.05) is 0 Å². The molecule has 2 heterocycles. The number of aromatic nitrogens is 3. The molecular formula is C14H14F3N5O. The van der Waals surface area contributed by atoms with E-state index in [4.69, 9.17) is 0 Å². The highest BCUT2D eigenvalue weighted by Crippen LogP contribution is 2.29. The van der Waals surface area contributed by atoms with Crippen LogP contribution >= 0.6 is 0 Å². The Hall–Kier alpha value is -2.58. The lowest BCUT2D eigenvalue weighted by atomic mass is 10.2. The van der Waals surface area contributed by atoms with Crippen LogP contribution in [0.1, 0.15) is 23.6 Å². The third-order valence-corrected chi connectivity index (χ3v) is 3.56. The fourth-order valence-electron chi connectivity index (χ4n) is 2.42. The highest BCUT2D eigenvalue weighted by Gasteiger charge is 2.30. The molecule has 0 spiro atoms. The Bertz CT molecular complexity index is 708. The van der Waals surface area contributed by atoms with Crippen molar-refractivity contribution >= 4 is 11.7 Å². The Morgan fingerprint density at radius 3 is 2.65 bits per heavy atom. The van der Waals surface area contributed by atoms with E-state index in [-0.39, 0.29) is 12.2 Å². The van der Waals surface area contributed by atoms with Gasteiger partial charge >= 0.3 is 12.2 Å². The van der Waals surface area contributed by atoms with Crippen molar-refractivity contribution in [1.29, 1.82) is 0 Å². The normalized spacial score (nSPS) is 13.7. The van der Waals surface area contributed by atoms with Gasteiger partial charge in [-0.2, -0.15) is 13.2 Å². The zero-order valence-electron chi connectivity index (χ0n) is 12.0. The number of anilines is 1. The first-order valence-electron chi connectivity index (χ1n) is 7.06. The van der Waals surface area contributed by atoms with E-state index < -0.39 is 17.8 Å². The molecule has 0 bridgehead atoms. The third-order valence-electron chi connectivity index (χ3n) is 3.56. The summed E-state index contributed by atoms with van der Waals surface area (Å²) in [5.74, 6) is 1.57. The smallest absolute Gasteiger partial charge is 0.331 e. The Labute approximate surface area is 129 Å². The minimum Gasteiger partial charge on any atom is -0.331 e. The number of rotatable bonds is 3. The minimum atomic E-state index is -4.39. The average Bonchev–Trinajstić information content (AvgIpc) is 3.08. The number of aryl methyl sites for hydroxylation is 1. The second-order valence-electron chi connectivity index (χ2n) is 5.17. The summed E-state index contributed by atoms with van der Waals surface area (Å²) in [6.07, 6.45) is -2.50. The highest BCUT2D eigenvalue weighted by atomic mass is 19.4. The number of benzene rings is 1. The van der Waals surface area contributed by atoms with Gasteiger partial charge < -0.3 is 15.2 Å². The molecule has 1 aliphatic rings. The second-order valence-corrected chi connectivity index (χ2v) is 5.17. The molecule has 0 radical (unpaired) electrons. The number of hydrogen-bond donors (Lipinski definition) is 2. The summed E-state index contributed by atoms with van der Waals surface area (Å²) in [5.41, 5.74) is -0.482. The maximum Gasteiger partial charge on any atom is 0.416 e. The maximum atomic E-state index is 12.5. The molecule has 1 aromatic carbocycles. The van der Waals surface area contributed by atoms with Crippen LogP contribution in [0.15, 0.2) is 24.3 Å². The topological polar surface area (TPSA) is 71.8 Å².